The van der Waals surface area contributed by atoms with Gasteiger partial charge in [0.05, 0.1) is 24.6 Å². The SMILES string of the molecule is COc1ccc2[nH]n(C[C@]3(c4ccc(-c5cccnc5)cc4)NC(=O)NC3=O)c(=O)c2c1. The molecule has 0 spiro atoms. The van der Waals surface area contributed by atoms with E-state index >= 15 is 0 Å². The molecule has 0 bridgehead atoms. The number of imide groups is 1. The number of H-pyrrole nitrogens is 1. The van der Waals surface area contributed by atoms with Crippen LogP contribution in [-0.2, 0) is 16.9 Å². The highest BCUT2D eigenvalue weighted by molar-refractivity contribution is 6.07. The lowest BCUT2D eigenvalue weighted by atomic mass is 9.88. The lowest BCUT2D eigenvalue weighted by molar-refractivity contribution is -0.124. The van der Waals surface area contributed by atoms with Crippen LogP contribution in [0, 0.1) is 0 Å². The third kappa shape index (κ3) is 3.11. The van der Waals surface area contributed by atoms with Gasteiger partial charge in [-0.25, -0.2) is 9.48 Å². The number of carbonyl (C=O) groups excluding carboxylic acids is 2. The maximum Gasteiger partial charge on any atom is 0.322 e. The number of aromatic amines is 1. The first-order valence-corrected chi connectivity index (χ1v) is 9.91. The molecule has 1 atom stereocenters. The van der Waals surface area contributed by atoms with Crippen LogP contribution in [0.5, 0.6) is 5.75 Å². The van der Waals surface area contributed by atoms with Crippen molar-refractivity contribution in [1.82, 2.24) is 25.4 Å². The van der Waals surface area contributed by atoms with Gasteiger partial charge >= 0.3 is 6.03 Å². The molecule has 3 heterocycles. The van der Waals surface area contributed by atoms with Crippen LogP contribution in [-0.4, -0.2) is 33.8 Å². The molecular weight excluding hydrogens is 410 g/mol. The number of carbonyl (C=O) groups is 2. The van der Waals surface area contributed by atoms with Crippen molar-refractivity contribution < 1.29 is 14.3 Å². The number of hydrogen-bond donors (Lipinski definition) is 3. The number of nitrogens with zero attached hydrogens (tertiary/aromatic N) is 2. The Bertz CT molecular complexity index is 1390. The number of rotatable bonds is 5. The van der Waals surface area contributed by atoms with E-state index in [4.69, 9.17) is 4.74 Å². The van der Waals surface area contributed by atoms with Crippen LogP contribution in [0.25, 0.3) is 22.0 Å². The minimum Gasteiger partial charge on any atom is -0.497 e. The van der Waals surface area contributed by atoms with Gasteiger partial charge in [0, 0.05) is 12.4 Å². The number of amides is 3. The van der Waals surface area contributed by atoms with Crippen LogP contribution >= 0.6 is 0 Å². The van der Waals surface area contributed by atoms with Crippen molar-refractivity contribution in [2.24, 2.45) is 0 Å². The zero-order chi connectivity index (χ0) is 22.3. The van der Waals surface area contributed by atoms with Crippen LogP contribution in [0.1, 0.15) is 5.56 Å². The summed E-state index contributed by atoms with van der Waals surface area (Å²) >= 11 is 0. The van der Waals surface area contributed by atoms with Crippen LogP contribution in [0.3, 0.4) is 0 Å². The number of nitrogens with one attached hydrogen (secondary N) is 3. The Balaban J connectivity index is 1.57. The molecule has 160 valence electrons. The van der Waals surface area contributed by atoms with Gasteiger partial charge < -0.3 is 10.1 Å². The molecule has 0 radical (unpaired) electrons. The van der Waals surface area contributed by atoms with E-state index in [1.54, 1.807) is 42.7 Å². The molecule has 9 heteroatoms. The number of methoxy groups -OCH3 is 1. The molecular formula is C23H19N5O4. The van der Waals surface area contributed by atoms with Gasteiger partial charge in [0.2, 0.25) is 0 Å². The second kappa shape index (κ2) is 7.38. The number of urea groups is 1. The van der Waals surface area contributed by atoms with Crippen molar-refractivity contribution in [2.45, 2.75) is 12.1 Å². The highest BCUT2D eigenvalue weighted by atomic mass is 16.5. The third-order valence-corrected chi connectivity index (χ3v) is 5.67. The average molecular weight is 429 g/mol. The monoisotopic (exact) mass is 429 g/mol. The van der Waals surface area contributed by atoms with Crippen LogP contribution in [0.15, 0.2) is 71.8 Å². The highest BCUT2D eigenvalue weighted by Gasteiger charge is 2.48. The fourth-order valence-corrected chi connectivity index (χ4v) is 3.99. The van der Waals surface area contributed by atoms with Gasteiger partial charge in [0.25, 0.3) is 11.5 Å². The Morgan fingerprint density at radius 3 is 2.50 bits per heavy atom. The third-order valence-electron chi connectivity index (χ3n) is 5.67. The van der Waals surface area contributed by atoms with Crippen molar-refractivity contribution in [3.63, 3.8) is 0 Å². The summed E-state index contributed by atoms with van der Waals surface area (Å²) in [6.45, 7) is -0.105. The number of hydrogen-bond acceptors (Lipinski definition) is 5. The lowest BCUT2D eigenvalue weighted by Gasteiger charge is -2.26. The van der Waals surface area contributed by atoms with Gasteiger partial charge in [-0.3, -0.25) is 25.0 Å². The van der Waals surface area contributed by atoms with E-state index in [-0.39, 0.29) is 12.1 Å². The minimum atomic E-state index is -1.45. The number of pyridine rings is 1. The van der Waals surface area contributed by atoms with Gasteiger partial charge in [-0.2, -0.15) is 0 Å². The average Bonchev–Trinajstić information content (AvgIpc) is 3.29. The zero-order valence-corrected chi connectivity index (χ0v) is 17.1. The Hall–Kier alpha value is -4.40. The van der Waals surface area contributed by atoms with Gasteiger partial charge in [-0.15, -0.1) is 0 Å². The lowest BCUT2D eigenvalue weighted by Crippen LogP contribution is -2.49. The fraction of sp³-hybridized carbons (Fsp3) is 0.130. The Morgan fingerprint density at radius 2 is 1.84 bits per heavy atom. The Morgan fingerprint density at radius 1 is 1.03 bits per heavy atom. The molecule has 0 saturated carbocycles. The van der Waals surface area contributed by atoms with Crippen molar-refractivity contribution in [3.8, 4) is 16.9 Å². The topological polar surface area (TPSA) is 118 Å². The summed E-state index contributed by atoms with van der Waals surface area (Å²) in [5.74, 6) is 0.0214. The van der Waals surface area contributed by atoms with E-state index < -0.39 is 17.5 Å². The predicted molar refractivity (Wildman–Crippen MR) is 117 cm³/mol. The molecule has 5 rings (SSSR count). The molecule has 0 aliphatic carbocycles. The molecule has 1 fully saturated rings. The van der Waals surface area contributed by atoms with Crippen LogP contribution in [0.4, 0.5) is 4.79 Å². The van der Waals surface area contributed by atoms with Crippen molar-refractivity contribution in [3.05, 3.63) is 82.9 Å². The van der Waals surface area contributed by atoms with Crippen molar-refractivity contribution in [2.75, 3.05) is 7.11 Å². The molecule has 1 aliphatic heterocycles. The van der Waals surface area contributed by atoms with E-state index in [0.29, 0.717) is 22.2 Å². The second-order valence-corrected chi connectivity index (χ2v) is 7.55. The van der Waals surface area contributed by atoms with E-state index in [0.717, 1.165) is 11.1 Å². The molecule has 3 amide bonds. The summed E-state index contributed by atoms with van der Waals surface area (Å²) in [6.07, 6.45) is 3.44. The Kier molecular flexibility index (Phi) is 4.51. The number of ether oxygens (including phenoxy) is 1. The minimum absolute atomic E-state index is 0.105. The standard InChI is InChI=1S/C23H19N5O4/c1-32-17-8-9-19-18(11-17)20(29)28(27-19)13-23(21(30)25-22(31)26-23)16-6-4-14(5-7-16)15-3-2-10-24-12-15/h2-12,27H,13H2,1H3,(H2,25,26,30,31)/t23-/m1/s1. The van der Waals surface area contributed by atoms with Crippen molar-refractivity contribution in [1.29, 1.82) is 0 Å². The van der Waals surface area contributed by atoms with Gasteiger partial charge in [-0.1, -0.05) is 30.3 Å². The first-order chi connectivity index (χ1) is 15.5. The van der Waals surface area contributed by atoms with E-state index in [2.05, 4.69) is 20.7 Å². The molecule has 32 heavy (non-hydrogen) atoms. The molecule has 1 saturated heterocycles. The first-order valence-electron chi connectivity index (χ1n) is 9.91. The maximum absolute atomic E-state index is 13.0. The predicted octanol–water partition coefficient (Wildman–Crippen LogP) is 2.14. The quantitative estimate of drug-likeness (QED) is 0.420. The summed E-state index contributed by atoms with van der Waals surface area (Å²) < 4.78 is 6.52. The van der Waals surface area contributed by atoms with E-state index in [9.17, 15) is 14.4 Å². The van der Waals surface area contributed by atoms with Crippen molar-refractivity contribution >= 4 is 22.8 Å². The maximum atomic E-state index is 13.0. The molecule has 1 aliphatic rings. The summed E-state index contributed by atoms with van der Waals surface area (Å²) in [5.41, 5.74) is 1.23. The fourth-order valence-electron chi connectivity index (χ4n) is 3.99. The second-order valence-electron chi connectivity index (χ2n) is 7.55. The normalized spacial score (nSPS) is 17.9. The summed E-state index contributed by atoms with van der Waals surface area (Å²) in [7, 11) is 1.52. The molecule has 2 aromatic heterocycles. The highest BCUT2D eigenvalue weighted by Crippen LogP contribution is 2.29. The largest absolute Gasteiger partial charge is 0.497 e. The molecule has 0 unspecified atom stereocenters. The molecule has 9 nitrogen and oxygen atoms in total. The Labute approximate surface area is 182 Å². The summed E-state index contributed by atoms with van der Waals surface area (Å²) in [6, 6.07) is 15.5. The molecule has 2 aromatic carbocycles. The van der Waals surface area contributed by atoms with E-state index in [1.807, 2.05) is 24.3 Å². The molecule has 4 aromatic rings. The smallest absolute Gasteiger partial charge is 0.322 e. The van der Waals surface area contributed by atoms with Gasteiger partial charge in [0.15, 0.2) is 5.54 Å². The van der Waals surface area contributed by atoms with Crippen LogP contribution in [0.2, 0.25) is 0 Å². The van der Waals surface area contributed by atoms with Gasteiger partial charge in [-0.05, 0) is 41.0 Å². The first kappa shape index (κ1) is 19.6. The van der Waals surface area contributed by atoms with Gasteiger partial charge in [0.1, 0.15) is 5.75 Å². The molecule has 3 N–H and O–H groups in total. The zero-order valence-electron chi connectivity index (χ0n) is 17.1. The van der Waals surface area contributed by atoms with Crippen LogP contribution < -0.4 is 20.9 Å². The number of benzene rings is 2. The number of aromatic nitrogens is 3. The summed E-state index contributed by atoms with van der Waals surface area (Å²) in [5, 5.41) is 8.46. The summed E-state index contributed by atoms with van der Waals surface area (Å²) in [4.78, 5) is 42.2. The van der Waals surface area contributed by atoms with E-state index in [1.165, 1.54) is 11.8 Å². The number of fused-ring (bicyclic) bond motifs is 1.